The molecule has 3 aromatic rings. The maximum Gasteiger partial charge on any atom is 0.409 e. The van der Waals surface area contributed by atoms with Crippen molar-refractivity contribution in [2.45, 2.75) is 13.1 Å². The Balaban J connectivity index is 1.79. The third-order valence-corrected chi connectivity index (χ3v) is 4.41. The van der Waals surface area contributed by atoms with Crippen LogP contribution in [0.2, 0.25) is 0 Å². The van der Waals surface area contributed by atoms with Crippen LogP contribution in [0.3, 0.4) is 0 Å². The lowest BCUT2D eigenvalue weighted by molar-refractivity contribution is -0.0790. The summed E-state index contributed by atoms with van der Waals surface area (Å²) in [7, 11) is 0. The first-order valence-electron chi connectivity index (χ1n) is 7.45. The van der Waals surface area contributed by atoms with Crippen molar-refractivity contribution in [1.29, 1.82) is 0 Å². The van der Waals surface area contributed by atoms with Crippen LogP contribution in [0.5, 0.6) is 0 Å². The number of halogens is 4. The zero-order valence-electron chi connectivity index (χ0n) is 13.4. The Hall–Kier alpha value is -2.74. The first-order valence-corrected chi connectivity index (χ1v) is 8.27. The summed E-state index contributed by atoms with van der Waals surface area (Å²) in [6.07, 6.45) is -3.74. The number of aryl methyl sites for hydroxylation is 1. The van der Waals surface area contributed by atoms with E-state index in [9.17, 15) is 22.4 Å². The quantitative estimate of drug-likeness (QED) is 0.604. The molecule has 134 valence electrons. The van der Waals surface area contributed by atoms with Crippen molar-refractivity contribution in [2.75, 3.05) is 5.32 Å². The molecule has 1 aromatic heterocycles. The van der Waals surface area contributed by atoms with Gasteiger partial charge in [-0.15, -0.1) is 11.3 Å². The van der Waals surface area contributed by atoms with Crippen molar-refractivity contribution in [3.05, 3.63) is 64.4 Å². The number of amides is 1. The van der Waals surface area contributed by atoms with E-state index in [1.165, 1.54) is 17.4 Å². The van der Waals surface area contributed by atoms with Crippen LogP contribution in [0.15, 0.2) is 42.5 Å². The second-order valence-corrected chi connectivity index (χ2v) is 6.72. The van der Waals surface area contributed by atoms with Gasteiger partial charge in [0, 0.05) is 11.8 Å². The normalized spacial score (nSPS) is 12.0. The monoisotopic (exact) mass is 380 g/mol. The number of hydrogen-bond donors (Lipinski definition) is 1. The molecule has 1 heterocycles. The van der Waals surface area contributed by atoms with Crippen LogP contribution >= 0.6 is 11.3 Å². The van der Waals surface area contributed by atoms with Crippen molar-refractivity contribution < 1.29 is 22.4 Å². The van der Waals surface area contributed by atoms with Crippen LogP contribution in [0.25, 0.3) is 16.3 Å². The van der Waals surface area contributed by atoms with Crippen LogP contribution in [0.1, 0.15) is 20.9 Å². The molecule has 0 aliphatic rings. The van der Waals surface area contributed by atoms with E-state index in [0.717, 1.165) is 33.4 Å². The molecular weight excluding hydrogens is 368 g/mol. The number of allylic oxidation sites excluding steroid dienone is 1. The minimum absolute atomic E-state index is 0.00653. The molecule has 3 rings (SSSR count). The molecule has 0 fully saturated rings. The Morgan fingerprint density at radius 3 is 2.65 bits per heavy atom. The Kier molecular flexibility index (Phi) is 4.78. The first kappa shape index (κ1) is 18.1. The lowest BCUT2D eigenvalue weighted by atomic mass is 10.1. The molecule has 0 radical (unpaired) electrons. The highest BCUT2D eigenvalue weighted by Gasteiger charge is 2.22. The fourth-order valence-corrected chi connectivity index (χ4v) is 3.14. The van der Waals surface area contributed by atoms with Gasteiger partial charge in [-0.2, -0.15) is 13.2 Å². The molecule has 2 aromatic carbocycles. The topological polar surface area (TPSA) is 42.0 Å². The molecule has 0 bridgehead atoms. The van der Waals surface area contributed by atoms with Gasteiger partial charge in [0.25, 0.3) is 5.91 Å². The van der Waals surface area contributed by atoms with Crippen LogP contribution in [-0.2, 0) is 0 Å². The average Bonchev–Trinajstić information content (AvgIpc) is 2.91. The van der Waals surface area contributed by atoms with E-state index in [0.29, 0.717) is 5.69 Å². The molecule has 1 N–H and O–H groups in total. The first-order chi connectivity index (χ1) is 12.2. The molecule has 8 heteroatoms. The lowest BCUT2D eigenvalue weighted by Crippen LogP contribution is -2.13. The number of hydrogen-bond acceptors (Lipinski definition) is 3. The van der Waals surface area contributed by atoms with E-state index >= 15 is 0 Å². The van der Waals surface area contributed by atoms with Gasteiger partial charge in [0.2, 0.25) is 0 Å². The van der Waals surface area contributed by atoms with Crippen molar-refractivity contribution in [2.24, 2.45) is 0 Å². The van der Waals surface area contributed by atoms with Gasteiger partial charge in [-0.05, 0) is 48.9 Å². The minimum atomic E-state index is -4.49. The summed E-state index contributed by atoms with van der Waals surface area (Å²) in [5.74, 6) is -1.60. The van der Waals surface area contributed by atoms with Gasteiger partial charge in [-0.1, -0.05) is 6.07 Å². The molecule has 0 unspecified atom stereocenters. The molecule has 3 nitrogen and oxygen atoms in total. The summed E-state index contributed by atoms with van der Waals surface area (Å²) < 4.78 is 51.5. The zero-order chi connectivity index (χ0) is 18.9. The van der Waals surface area contributed by atoms with Gasteiger partial charge in [0.1, 0.15) is 5.82 Å². The summed E-state index contributed by atoms with van der Waals surface area (Å²) in [6, 6.07) is 8.42. The third kappa shape index (κ3) is 4.26. The maximum absolute atomic E-state index is 14.1. The van der Waals surface area contributed by atoms with Gasteiger partial charge in [-0.25, -0.2) is 9.37 Å². The predicted molar refractivity (Wildman–Crippen MR) is 93.8 cm³/mol. The fraction of sp³-hybridized carbons (Fsp3) is 0.111. The fourth-order valence-electron chi connectivity index (χ4n) is 2.33. The van der Waals surface area contributed by atoms with Crippen LogP contribution in [0.4, 0.5) is 23.2 Å². The predicted octanol–water partition coefficient (Wildman–Crippen LogP) is 5.57. The van der Waals surface area contributed by atoms with Crippen molar-refractivity contribution in [1.82, 2.24) is 4.98 Å². The number of anilines is 1. The van der Waals surface area contributed by atoms with E-state index in [-0.39, 0.29) is 17.2 Å². The van der Waals surface area contributed by atoms with Crippen LogP contribution in [0, 0.1) is 12.7 Å². The molecule has 26 heavy (non-hydrogen) atoms. The highest BCUT2D eigenvalue weighted by molar-refractivity contribution is 7.18. The molecule has 0 saturated carbocycles. The number of carbonyl (C=O) groups excluding carboxylic acids is 1. The van der Waals surface area contributed by atoms with E-state index in [1.54, 1.807) is 18.2 Å². The highest BCUT2D eigenvalue weighted by atomic mass is 32.1. The van der Waals surface area contributed by atoms with Crippen LogP contribution < -0.4 is 5.32 Å². The summed E-state index contributed by atoms with van der Waals surface area (Å²) in [5, 5.41) is 3.45. The van der Waals surface area contributed by atoms with Gasteiger partial charge in [-0.3, -0.25) is 4.79 Å². The standard InChI is InChI=1S/C18H12F4N2OS/c1-10-23-15-9-12(3-5-16(15)26-10)24-17(25)13-4-2-11(8-14(13)19)6-7-18(20,21)22/h2-9H,1H3,(H,24,25). The Morgan fingerprint density at radius 2 is 1.96 bits per heavy atom. The second kappa shape index (κ2) is 6.87. The number of alkyl halides is 3. The van der Waals surface area contributed by atoms with Gasteiger partial charge in [0.05, 0.1) is 20.8 Å². The summed E-state index contributed by atoms with van der Waals surface area (Å²) >= 11 is 1.52. The van der Waals surface area contributed by atoms with Gasteiger partial charge >= 0.3 is 6.18 Å². The molecule has 0 atom stereocenters. The van der Waals surface area contributed by atoms with Crippen molar-refractivity contribution in [3.8, 4) is 0 Å². The largest absolute Gasteiger partial charge is 0.409 e. The van der Waals surface area contributed by atoms with Crippen LogP contribution in [-0.4, -0.2) is 17.1 Å². The van der Waals surface area contributed by atoms with Gasteiger partial charge in [0.15, 0.2) is 0 Å². The number of fused-ring (bicyclic) bond motifs is 1. The molecule has 0 aliphatic carbocycles. The zero-order valence-corrected chi connectivity index (χ0v) is 14.2. The van der Waals surface area contributed by atoms with E-state index in [2.05, 4.69) is 10.3 Å². The number of nitrogens with one attached hydrogen (secondary N) is 1. The Labute approximate surface area is 150 Å². The average molecular weight is 380 g/mol. The molecule has 1 amide bonds. The van der Waals surface area contributed by atoms with Crippen molar-refractivity contribution in [3.63, 3.8) is 0 Å². The lowest BCUT2D eigenvalue weighted by Gasteiger charge is -2.07. The summed E-state index contributed by atoms with van der Waals surface area (Å²) in [4.78, 5) is 16.6. The molecule has 0 saturated heterocycles. The SMILES string of the molecule is Cc1nc2cc(NC(=O)c3ccc(C=CC(F)(F)F)cc3F)ccc2s1. The third-order valence-electron chi connectivity index (χ3n) is 3.45. The van der Waals surface area contributed by atoms with E-state index in [4.69, 9.17) is 0 Å². The van der Waals surface area contributed by atoms with Gasteiger partial charge < -0.3 is 5.32 Å². The maximum atomic E-state index is 14.1. The summed E-state index contributed by atoms with van der Waals surface area (Å²) in [5.41, 5.74) is 0.922. The highest BCUT2D eigenvalue weighted by Crippen LogP contribution is 2.25. The number of benzene rings is 2. The molecule has 0 aliphatic heterocycles. The Morgan fingerprint density at radius 1 is 1.19 bits per heavy atom. The smallest absolute Gasteiger partial charge is 0.322 e. The number of aromatic nitrogens is 1. The second-order valence-electron chi connectivity index (χ2n) is 5.48. The number of thiazole rings is 1. The molecular formula is C18H12F4N2OS. The number of nitrogens with zero attached hydrogens (tertiary/aromatic N) is 1. The number of rotatable bonds is 3. The minimum Gasteiger partial charge on any atom is -0.322 e. The summed E-state index contributed by atoms with van der Waals surface area (Å²) in [6.45, 7) is 1.87. The Bertz CT molecular complexity index is 1010. The van der Waals surface area contributed by atoms with Crippen molar-refractivity contribution >= 4 is 39.2 Å². The number of carbonyl (C=O) groups is 1. The molecule has 0 spiro atoms. The van der Waals surface area contributed by atoms with E-state index in [1.807, 2.05) is 6.92 Å². The van der Waals surface area contributed by atoms with E-state index < -0.39 is 17.9 Å².